The van der Waals surface area contributed by atoms with Gasteiger partial charge >= 0.3 is 0 Å². The molecule has 0 aliphatic heterocycles. The van der Waals surface area contributed by atoms with Gasteiger partial charge in [0, 0.05) is 17.8 Å². The molecule has 0 amide bonds. The standard InChI is InChI=1S/C13H17N3/c1-9(2)11(14)7-13-10-5-3-4-6-12(10)15-8-16-13/h3-6,8-9,11H,7,14H2,1-2H3. The van der Waals surface area contributed by atoms with Gasteiger partial charge in [-0.2, -0.15) is 0 Å². The molecule has 0 fully saturated rings. The van der Waals surface area contributed by atoms with Crippen molar-refractivity contribution in [2.24, 2.45) is 11.7 Å². The van der Waals surface area contributed by atoms with Gasteiger partial charge in [0.25, 0.3) is 0 Å². The summed E-state index contributed by atoms with van der Waals surface area (Å²) >= 11 is 0. The molecule has 1 heterocycles. The summed E-state index contributed by atoms with van der Waals surface area (Å²) in [5.74, 6) is 0.466. The van der Waals surface area contributed by atoms with Gasteiger partial charge in [-0.1, -0.05) is 32.0 Å². The summed E-state index contributed by atoms with van der Waals surface area (Å²) in [5, 5.41) is 1.11. The van der Waals surface area contributed by atoms with Gasteiger partial charge in [0.1, 0.15) is 6.33 Å². The zero-order valence-electron chi connectivity index (χ0n) is 9.72. The number of para-hydroxylation sites is 1. The van der Waals surface area contributed by atoms with E-state index in [4.69, 9.17) is 5.73 Å². The van der Waals surface area contributed by atoms with E-state index in [0.717, 1.165) is 23.0 Å². The molecule has 2 rings (SSSR count). The second-order valence-electron chi connectivity index (χ2n) is 4.45. The molecule has 0 aliphatic rings. The minimum Gasteiger partial charge on any atom is -0.327 e. The third-order valence-corrected chi connectivity index (χ3v) is 2.91. The Morgan fingerprint density at radius 3 is 2.69 bits per heavy atom. The van der Waals surface area contributed by atoms with E-state index in [1.54, 1.807) is 6.33 Å². The van der Waals surface area contributed by atoms with Crippen molar-refractivity contribution in [1.82, 2.24) is 9.97 Å². The molecular weight excluding hydrogens is 198 g/mol. The fourth-order valence-electron chi connectivity index (χ4n) is 1.68. The Hall–Kier alpha value is -1.48. The molecule has 0 spiro atoms. The predicted molar refractivity (Wildman–Crippen MR) is 66.1 cm³/mol. The molecule has 2 N–H and O–H groups in total. The van der Waals surface area contributed by atoms with Crippen molar-refractivity contribution in [3.05, 3.63) is 36.3 Å². The van der Waals surface area contributed by atoms with Gasteiger partial charge in [-0.25, -0.2) is 9.97 Å². The smallest absolute Gasteiger partial charge is 0.116 e. The van der Waals surface area contributed by atoms with Gasteiger partial charge in [-0.05, 0) is 12.0 Å². The Morgan fingerprint density at radius 2 is 1.94 bits per heavy atom. The Morgan fingerprint density at radius 1 is 1.19 bits per heavy atom. The maximum atomic E-state index is 6.08. The number of benzene rings is 1. The van der Waals surface area contributed by atoms with E-state index in [1.165, 1.54) is 0 Å². The van der Waals surface area contributed by atoms with Crippen molar-refractivity contribution in [2.45, 2.75) is 26.3 Å². The summed E-state index contributed by atoms with van der Waals surface area (Å²) in [4.78, 5) is 8.58. The summed E-state index contributed by atoms with van der Waals surface area (Å²) in [6.45, 7) is 4.27. The largest absolute Gasteiger partial charge is 0.327 e. The van der Waals surface area contributed by atoms with E-state index in [2.05, 4.69) is 29.9 Å². The van der Waals surface area contributed by atoms with Crippen molar-refractivity contribution in [1.29, 1.82) is 0 Å². The Bertz CT molecular complexity index is 474. The molecule has 0 saturated carbocycles. The highest BCUT2D eigenvalue weighted by Crippen LogP contribution is 2.16. The van der Waals surface area contributed by atoms with E-state index in [9.17, 15) is 0 Å². The zero-order chi connectivity index (χ0) is 11.5. The Balaban J connectivity index is 2.37. The first-order valence-electron chi connectivity index (χ1n) is 5.62. The highest BCUT2D eigenvalue weighted by molar-refractivity contribution is 5.80. The lowest BCUT2D eigenvalue weighted by atomic mass is 9.98. The fraction of sp³-hybridized carbons (Fsp3) is 0.385. The van der Waals surface area contributed by atoms with Crippen LogP contribution < -0.4 is 5.73 Å². The third kappa shape index (κ3) is 2.19. The van der Waals surface area contributed by atoms with Gasteiger partial charge < -0.3 is 5.73 Å². The quantitative estimate of drug-likeness (QED) is 0.853. The van der Waals surface area contributed by atoms with Crippen molar-refractivity contribution in [3.63, 3.8) is 0 Å². The molecule has 1 aromatic carbocycles. The normalized spacial score (nSPS) is 13.2. The molecule has 84 valence electrons. The monoisotopic (exact) mass is 215 g/mol. The average Bonchev–Trinajstić information content (AvgIpc) is 2.29. The number of aromatic nitrogens is 2. The molecule has 0 saturated heterocycles. The molecule has 3 heteroatoms. The summed E-state index contributed by atoms with van der Waals surface area (Å²) in [5.41, 5.74) is 8.12. The minimum absolute atomic E-state index is 0.151. The summed E-state index contributed by atoms with van der Waals surface area (Å²) in [7, 11) is 0. The maximum Gasteiger partial charge on any atom is 0.116 e. The van der Waals surface area contributed by atoms with Gasteiger partial charge in [-0.15, -0.1) is 0 Å². The number of hydrogen-bond acceptors (Lipinski definition) is 3. The molecule has 0 bridgehead atoms. The number of fused-ring (bicyclic) bond motifs is 1. The van der Waals surface area contributed by atoms with Gasteiger partial charge in [0.15, 0.2) is 0 Å². The van der Waals surface area contributed by atoms with Crippen LogP contribution in [0, 0.1) is 5.92 Å². The highest BCUT2D eigenvalue weighted by Gasteiger charge is 2.11. The van der Waals surface area contributed by atoms with E-state index in [-0.39, 0.29) is 6.04 Å². The van der Waals surface area contributed by atoms with Crippen LogP contribution in [0.3, 0.4) is 0 Å². The number of nitrogens with zero attached hydrogens (tertiary/aromatic N) is 2. The van der Waals surface area contributed by atoms with Crippen molar-refractivity contribution in [3.8, 4) is 0 Å². The van der Waals surface area contributed by atoms with Crippen molar-refractivity contribution >= 4 is 10.9 Å². The molecule has 16 heavy (non-hydrogen) atoms. The summed E-state index contributed by atoms with van der Waals surface area (Å²) < 4.78 is 0. The maximum absolute atomic E-state index is 6.08. The number of rotatable bonds is 3. The lowest BCUT2D eigenvalue weighted by molar-refractivity contribution is 0.487. The Kier molecular flexibility index (Phi) is 3.15. The van der Waals surface area contributed by atoms with Crippen LogP contribution in [-0.2, 0) is 6.42 Å². The van der Waals surface area contributed by atoms with E-state index in [0.29, 0.717) is 5.92 Å². The van der Waals surface area contributed by atoms with Gasteiger partial charge in [-0.3, -0.25) is 0 Å². The Labute approximate surface area is 95.7 Å². The highest BCUT2D eigenvalue weighted by atomic mass is 14.8. The fourth-order valence-corrected chi connectivity index (χ4v) is 1.68. The number of hydrogen-bond donors (Lipinski definition) is 1. The molecule has 1 unspecified atom stereocenters. The van der Waals surface area contributed by atoms with E-state index in [1.807, 2.05) is 18.2 Å². The van der Waals surface area contributed by atoms with Crippen LogP contribution in [0.2, 0.25) is 0 Å². The van der Waals surface area contributed by atoms with Crippen LogP contribution in [-0.4, -0.2) is 16.0 Å². The molecule has 1 aromatic heterocycles. The second-order valence-corrected chi connectivity index (χ2v) is 4.45. The zero-order valence-corrected chi connectivity index (χ0v) is 9.72. The first-order chi connectivity index (χ1) is 7.68. The minimum atomic E-state index is 0.151. The van der Waals surface area contributed by atoms with Crippen LogP contribution in [0.1, 0.15) is 19.5 Å². The van der Waals surface area contributed by atoms with E-state index >= 15 is 0 Å². The number of nitrogens with two attached hydrogens (primary N) is 1. The summed E-state index contributed by atoms with van der Waals surface area (Å²) in [6, 6.07) is 8.20. The van der Waals surface area contributed by atoms with E-state index < -0.39 is 0 Å². The SMILES string of the molecule is CC(C)C(N)Cc1ncnc2ccccc12. The lowest BCUT2D eigenvalue weighted by Crippen LogP contribution is -2.29. The molecule has 3 nitrogen and oxygen atoms in total. The lowest BCUT2D eigenvalue weighted by Gasteiger charge is -2.15. The predicted octanol–water partition coefficient (Wildman–Crippen LogP) is 2.16. The van der Waals surface area contributed by atoms with Crippen molar-refractivity contribution in [2.75, 3.05) is 0 Å². The van der Waals surface area contributed by atoms with Crippen LogP contribution in [0.5, 0.6) is 0 Å². The first-order valence-corrected chi connectivity index (χ1v) is 5.62. The first kappa shape index (κ1) is 11.0. The average molecular weight is 215 g/mol. The van der Waals surface area contributed by atoms with Crippen LogP contribution in [0.25, 0.3) is 10.9 Å². The molecule has 2 aromatic rings. The van der Waals surface area contributed by atoms with Crippen LogP contribution in [0.15, 0.2) is 30.6 Å². The molecular formula is C13H17N3. The molecule has 1 atom stereocenters. The van der Waals surface area contributed by atoms with Gasteiger partial charge in [0.05, 0.1) is 11.2 Å². The molecule has 0 aliphatic carbocycles. The topological polar surface area (TPSA) is 51.8 Å². The summed E-state index contributed by atoms with van der Waals surface area (Å²) in [6.07, 6.45) is 2.42. The van der Waals surface area contributed by atoms with Crippen molar-refractivity contribution < 1.29 is 0 Å². The molecule has 0 radical (unpaired) electrons. The third-order valence-electron chi connectivity index (χ3n) is 2.91. The van der Waals surface area contributed by atoms with Crippen LogP contribution >= 0.6 is 0 Å². The van der Waals surface area contributed by atoms with Crippen LogP contribution in [0.4, 0.5) is 0 Å². The van der Waals surface area contributed by atoms with Gasteiger partial charge in [0.2, 0.25) is 0 Å². The second kappa shape index (κ2) is 4.58.